The summed E-state index contributed by atoms with van der Waals surface area (Å²) in [5.74, 6) is -1.52. The third-order valence-corrected chi connectivity index (χ3v) is 2.98. The molecule has 0 saturated carbocycles. The molecule has 1 aliphatic rings. The molecule has 5 heteroatoms. The average Bonchev–Trinajstić information content (AvgIpc) is 2.34. The van der Waals surface area contributed by atoms with E-state index in [1.807, 2.05) is 0 Å². The van der Waals surface area contributed by atoms with Gasteiger partial charge in [-0.25, -0.2) is 4.39 Å². The number of rotatable bonds is 2. The molecule has 0 bridgehead atoms. The maximum absolute atomic E-state index is 12.8. The first-order valence-corrected chi connectivity index (χ1v) is 5.50. The van der Waals surface area contributed by atoms with E-state index in [9.17, 15) is 14.3 Å². The summed E-state index contributed by atoms with van der Waals surface area (Å²) in [6, 6.07) is 5.79. The van der Waals surface area contributed by atoms with E-state index in [1.54, 1.807) is 12.1 Å². The first-order valence-electron chi connectivity index (χ1n) is 5.50. The number of carbonyl (C=O) groups is 1. The standard InChI is InChI=1S/C13H13FN2O2/c1-16-12(15)7-11(17)10(13(16)18)6-8-2-4-9(14)5-3-8/h2-5,7,10,15,17H,6H2,1H3. The monoisotopic (exact) mass is 248 g/mol. The molecule has 94 valence electrons. The van der Waals surface area contributed by atoms with Crippen molar-refractivity contribution in [2.24, 2.45) is 5.92 Å². The van der Waals surface area contributed by atoms with E-state index in [0.717, 1.165) is 5.56 Å². The Balaban J connectivity index is 2.23. The molecular formula is C13H13FN2O2. The fourth-order valence-electron chi connectivity index (χ4n) is 1.86. The second-order valence-corrected chi connectivity index (χ2v) is 4.23. The third-order valence-electron chi connectivity index (χ3n) is 2.98. The van der Waals surface area contributed by atoms with E-state index < -0.39 is 5.92 Å². The first-order chi connectivity index (χ1) is 8.49. The van der Waals surface area contributed by atoms with Crippen LogP contribution in [0, 0.1) is 17.1 Å². The van der Waals surface area contributed by atoms with Gasteiger partial charge in [0.1, 0.15) is 17.4 Å². The van der Waals surface area contributed by atoms with E-state index in [2.05, 4.69) is 0 Å². The van der Waals surface area contributed by atoms with E-state index in [1.165, 1.54) is 30.2 Å². The summed E-state index contributed by atoms with van der Waals surface area (Å²) >= 11 is 0. The maximum atomic E-state index is 12.8. The molecule has 1 amide bonds. The quantitative estimate of drug-likeness (QED) is 0.839. The predicted octanol–water partition coefficient (Wildman–Crippen LogP) is 1.88. The summed E-state index contributed by atoms with van der Waals surface area (Å²) in [7, 11) is 1.49. The van der Waals surface area contributed by atoms with Crippen LogP contribution in [-0.2, 0) is 11.2 Å². The van der Waals surface area contributed by atoms with Crippen LogP contribution < -0.4 is 0 Å². The second kappa shape index (κ2) is 4.60. The predicted molar refractivity (Wildman–Crippen MR) is 64.8 cm³/mol. The van der Waals surface area contributed by atoms with E-state index in [-0.39, 0.29) is 23.3 Å². The van der Waals surface area contributed by atoms with Crippen molar-refractivity contribution < 1.29 is 14.3 Å². The molecule has 1 aromatic carbocycles. The number of carbonyl (C=O) groups excluding carboxylic acids is 1. The Labute approximate surface area is 104 Å². The number of amides is 1. The van der Waals surface area contributed by atoms with Gasteiger partial charge in [0.15, 0.2) is 0 Å². The van der Waals surface area contributed by atoms with Crippen LogP contribution in [-0.4, -0.2) is 28.8 Å². The third kappa shape index (κ3) is 2.25. The molecule has 0 spiro atoms. The van der Waals surface area contributed by atoms with Crippen LogP contribution in [0.15, 0.2) is 36.1 Å². The molecule has 1 aliphatic heterocycles. The zero-order valence-corrected chi connectivity index (χ0v) is 9.85. The Kier molecular flexibility index (Phi) is 3.14. The molecule has 1 unspecified atom stereocenters. The number of likely N-dealkylation sites (N-methyl/N-ethyl adjacent to an activating group) is 1. The lowest BCUT2D eigenvalue weighted by atomic mass is 9.93. The number of benzene rings is 1. The number of nitrogens with zero attached hydrogens (tertiary/aromatic N) is 1. The number of aliphatic hydroxyl groups excluding tert-OH is 1. The van der Waals surface area contributed by atoms with Crippen molar-refractivity contribution in [2.75, 3.05) is 7.05 Å². The van der Waals surface area contributed by atoms with Gasteiger partial charge in [-0.2, -0.15) is 0 Å². The van der Waals surface area contributed by atoms with E-state index >= 15 is 0 Å². The largest absolute Gasteiger partial charge is 0.511 e. The minimum atomic E-state index is -0.699. The number of amidine groups is 1. The first kappa shape index (κ1) is 12.3. The van der Waals surface area contributed by atoms with E-state index in [0.29, 0.717) is 6.42 Å². The van der Waals surface area contributed by atoms with Gasteiger partial charge < -0.3 is 5.11 Å². The van der Waals surface area contributed by atoms with Crippen molar-refractivity contribution in [1.82, 2.24) is 4.90 Å². The van der Waals surface area contributed by atoms with Crippen LogP contribution >= 0.6 is 0 Å². The highest BCUT2D eigenvalue weighted by atomic mass is 19.1. The minimum absolute atomic E-state index is 0.0344. The molecule has 2 rings (SSSR count). The van der Waals surface area contributed by atoms with Crippen molar-refractivity contribution >= 4 is 11.7 Å². The number of nitrogens with one attached hydrogen (secondary N) is 1. The van der Waals surface area contributed by atoms with Crippen molar-refractivity contribution in [3.63, 3.8) is 0 Å². The minimum Gasteiger partial charge on any atom is -0.511 e. The summed E-state index contributed by atoms with van der Waals surface area (Å²) < 4.78 is 12.8. The smallest absolute Gasteiger partial charge is 0.238 e. The number of halogens is 1. The van der Waals surface area contributed by atoms with Crippen molar-refractivity contribution in [1.29, 1.82) is 5.41 Å². The summed E-state index contributed by atoms with van der Waals surface area (Å²) in [5, 5.41) is 17.2. The van der Waals surface area contributed by atoms with Crippen LogP contribution in [0.2, 0.25) is 0 Å². The molecule has 2 N–H and O–H groups in total. The normalized spacial score (nSPS) is 20.0. The maximum Gasteiger partial charge on any atom is 0.238 e. The Morgan fingerprint density at radius 3 is 2.61 bits per heavy atom. The highest BCUT2D eigenvalue weighted by Crippen LogP contribution is 2.22. The van der Waals surface area contributed by atoms with Gasteiger partial charge in [0, 0.05) is 13.1 Å². The van der Waals surface area contributed by atoms with Crippen LogP contribution in [0.1, 0.15) is 5.56 Å². The molecule has 0 fully saturated rings. The van der Waals surface area contributed by atoms with Crippen LogP contribution in [0.25, 0.3) is 0 Å². The number of hydrogen-bond donors (Lipinski definition) is 2. The molecule has 0 radical (unpaired) electrons. The fraction of sp³-hybridized carbons (Fsp3) is 0.231. The molecule has 1 aromatic rings. The Hall–Kier alpha value is -2.17. The van der Waals surface area contributed by atoms with Gasteiger partial charge in [-0.15, -0.1) is 0 Å². The van der Waals surface area contributed by atoms with Gasteiger partial charge in [0.25, 0.3) is 0 Å². The molecule has 0 aliphatic carbocycles. The van der Waals surface area contributed by atoms with Gasteiger partial charge in [-0.05, 0) is 24.1 Å². The zero-order valence-electron chi connectivity index (χ0n) is 9.85. The highest BCUT2D eigenvalue weighted by Gasteiger charge is 2.32. The number of hydrogen-bond acceptors (Lipinski definition) is 3. The lowest BCUT2D eigenvalue weighted by Gasteiger charge is -2.27. The molecule has 0 aromatic heterocycles. The molecule has 0 saturated heterocycles. The lowest BCUT2D eigenvalue weighted by molar-refractivity contribution is -0.130. The summed E-state index contributed by atoms with van der Waals surface area (Å²) in [6.07, 6.45) is 1.55. The lowest BCUT2D eigenvalue weighted by Crippen LogP contribution is -2.42. The van der Waals surface area contributed by atoms with Gasteiger partial charge in [0.05, 0.1) is 5.92 Å². The molecule has 18 heavy (non-hydrogen) atoms. The highest BCUT2D eigenvalue weighted by molar-refractivity contribution is 6.06. The zero-order chi connectivity index (χ0) is 13.3. The Bertz CT molecular complexity index is 522. The average molecular weight is 248 g/mol. The Morgan fingerprint density at radius 1 is 1.39 bits per heavy atom. The SMILES string of the molecule is CN1C(=N)C=C(O)C(Cc2ccc(F)cc2)C1=O. The molecule has 4 nitrogen and oxygen atoms in total. The fourth-order valence-corrected chi connectivity index (χ4v) is 1.86. The van der Waals surface area contributed by atoms with Crippen molar-refractivity contribution in [2.45, 2.75) is 6.42 Å². The van der Waals surface area contributed by atoms with Crippen molar-refractivity contribution in [3.05, 3.63) is 47.5 Å². The Morgan fingerprint density at radius 2 is 2.00 bits per heavy atom. The molecular weight excluding hydrogens is 235 g/mol. The van der Waals surface area contributed by atoms with Gasteiger partial charge in [-0.3, -0.25) is 15.1 Å². The van der Waals surface area contributed by atoms with Crippen LogP contribution in [0.3, 0.4) is 0 Å². The van der Waals surface area contributed by atoms with Gasteiger partial charge >= 0.3 is 0 Å². The summed E-state index contributed by atoms with van der Waals surface area (Å²) in [6.45, 7) is 0. The van der Waals surface area contributed by atoms with Crippen LogP contribution in [0.4, 0.5) is 4.39 Å². The summed E-state index contributed by atoms with van der Waals surface area (Å²) in [5.41, 5.74) is 0.761. The number of aliphatic hydroxyl groups is 1. The second-order valence-electron chi connectivity index (χ2n) is 4.23. The molecule has 1 heterocycles. The van der Waals surface area contributed by atoms with Gasteiger partial charge in [0.2, 0.25) is 5.91 Å². The topological polar surface area (TPSA) is 64.4 Å². The van der Waals surface area contributed by atoms with Crippen molar-refractivity contribution in [3.8, 4) is 0 Å². The summed E-state index contributed by atoms with van der Waals surface area (Å²) in [4.78, 5) is 13.1. The van der Waals surface area contributed by atoms with Crippen LogP contribution in [0.5, 0.6) is 0 Å². The molecule has 1 atom stereocenters. The van der Waals surface area contributed by atoms with Gasteiger partial charge in [-0.1, -0.05) is 12.1 Å². The van der Waals surface area contributed by atoms with E-state index in [4.69, 9.17) is 5.41 Å².